The van der Waals surface area contributed by atoms with Crippen molar-refractivity contribution in [1.29, 1.82) is 0 Å². The summed E-state index contributed by atoms with van der Waals surface area (Å²) in [5.41, 5.74) is 0. The van der Waals surface area contributed by atoms with Crippen LogP contribution in [0.3, 0.4) is 0 Å². The van der Waals surface area contributed by atoms with Crippen LogP contribution in [0.25, 0.3) is 0 Å². The van der Waals surface area contributed by atoms with Crippen molar-refractivity contribution in [2.45, 2.75) is 44.6 Å². The third kappa shape index (κ3) is 2.69. The summed E-state index contributed by atoms with van der Waals surface area (Å²) in [6.07, 6.45) is 9.72. The molecule has 1 aliphatic rings. The Labute approximate surface area is 84.9 Å². The van der Waals surface area contributed by atoms with Crippen LogP contribution in [0.1, 0.15) is 38.5 Å². The van der Waals surface area contributed by atoms with Crippen LogP contribution in [0.5, 0.6) is 0 Å². The lowest BCUT2D eigenvalue weighted by atomic mass is 10.1. The fourth-order valence-electron chi connectivity index (χ4n) is 2.01. The molecule has 14 heavy (non-hydrogen) atoms. The molecule has 0 unspecified atom stereocenters. The Hall–Kier alpha value is -1.12. The van der Waals surface area contributed by atoms with Crippen LogP contribution in [0.4, 0.5) is 5.82 Å². The first-order valence-electron chi connectivity index (χ1n) is 5.49. The molecule has 0 bridgehead atoms. The van der Waals surface area contributed by atoms with Gasteiger partial charge in [-0.3, -0.25) is 0 Å². The Morgan fingerprint density at radius 2 is 1.93 bits per heavy atom. The zero-order chi connectivity index (χ0) is 9.64. The molecule has 1 N–H and O–H groups in total. The molecule has 2 rings (SSSR count). The second kappa shape index (κ2) is 4.94. The molecule has 1 saturated carbocycles. The van der Waals surface area contributed by atoms with E-state index in [4.69, 9.17) is 0 Å². The summed E-state index contributed by atoms with van der Waals surface area (Å²) >= 11 is 0. The highest BCUT2D eigenvalue weighted by atomic mass is 15.2. The molecule has 0 aromatic carbocycles. The van der Waals surface area contributed by atoms with E-state index in [1.807, 2.05) is 12.1 Å². The molecular formula is C11H17N3. The topological polar surface area (TPSA) is 37.8 Å². The number of nitrogens with zero attached hydrogens (tertiary/aromatic N) is 2. The second-order valence-corrected chi connectivity index (χ2v) is 3.94. The van der Waals surface area contributed by atoms with Gasteiger partial charge in [-0.05, 0) is 25.0 Å². The molecule has 0 radical (unpaired) electrons. The standard InChI is InChI=1S/C11H17N3/c1-2-4-7-10(6-3-1)13-11-8-5-9-12-14-11/h5,8-10H,1-4,6-7H2,(H,13,14). The molecular weight excluding hydrogens is 174 g/mol. The number of anilines is 1. The molecule has 3 heteroatoms. The Morgan fingerprint density at radius 1 is 1.14 bits per heavy atom. The maximum atomic E-state index is 4.04. The van der Waals surface area contributed by atoms with Gasteiger partial charge in [0.2, 0.25) is 0 Å². The molecule has 1 aromatic rings. The van der Waals surface area contributed by atoms with E-state index in [1.54, 1.807) is 6.20 Å². The van der Waals surface area contributed by atoms with Gasteiger partial charge in [-0.15, -0.1) is 5.10 Å². The van der Waals surface area contributed by atoms with Crippen molar-refractivity contribution in [3.8, 4) is 0 Å². The van der Waals surface area contributed by atoms with E-state index < -0.39 is 0 Å². The fourth-order valence-corrected chi connectivity index (χ4v) is 2.01. The number of hydrogen-bond acceptors (Lipinski definition) is 3. The van der Waals surface area contributed by atoms with Gasteiger partial charge in [0, 0.05) is 12.2 Å². The monoisotopic (exact) mass is 191 g/mol. The van der Waals surface area contributed by atoms with Crippen molar-refractivity contribution in [3.05, 3.63) is 18.3 Å². The molecule has 76 valence electrons. The molecule has 0 atom stereocenters. The lowest BCUT2D eigenvalue weighted by Crippen LogP contribution is -2.19. The summed E-state index contributed by atoms with van der Waals surface area (Å²) in [5, 5.41) is 11.4. The maximum Gasteiger partial charge on any atom is 0.148 e. The van der Waals surface area contributed by atoms with Gasteiger partial charge in [-0.2, -0.15) is 5.10 Å². The van der Waals surface area contributed by atoms with Crippen LogP contribution in [0.15, 0.2) is 18.3 Å². The molecule has 0 saturated heterocycles. The predicted octanol–water partition coefficient (Wildman–Crippen LogP) is 2.61. The predicted molar refractivity (Wildman–Crippen MR) is 57.1 cm³/mol. The molecule has 0 amide bonds. The Kier molecular flexibility index (Phi) is 3.33. The average molecular weight is 191 g/mol. The SMILES string of the molecule is c1cnnc(NC2CCCCCC2)c1. The fraction of sp³-hybridized carbons (Fsp3) is 0.636. The lowest BCUT2D eigenvalue weighted by Gasteiger charge is -2.15. The summed E-state index contributed by atoms with van der Waals surface area (Å²) in [7, 11) is 0. The molecule has 1 heterocycles. The van der Waals surface area contributed by atoms with E-state index in [1.165, 1.54) is 38.5 Å². The first-order chi connectivity index (χ1) is 6.95. The molecule has 1 fully saturated rings. The van der Waals surface area contributed by atoms with Gasteiger partial charge in [0.15, 0.2) is 0 Å². The first kappa shape index (κ1) is 9.44. The van der Waals surface area contributed by atoms with Crippen LogP contribution in [0, 0.1) is 0 Å². The molecule has 1 aromatic heterocycles. The Morgan fingerprint density at radius 3 is 2.57 bits per heavy atom. The van der Waals surface area contributed by atoms with Crippen LogP contribution >= 0.6 is 0 Å². The van der Waals surface area contributed by atoms with Gasteiger partial charge < -0.3 is 5.32 Å². The van der Waals surface area contributed by atoms with Crippen molar-refractivity contribution in [3.63, 3.8) is 0 Å². The highest BCUT2D eigenvalue weighted by Crippen LogP contribution is 2.19. The number of rotatable bonds is 2. The normalized spacial score (nSPS) is 18.9. The van der Waals surface area contributed by atoms with Crippen molar-refractivity contribution in [2.24, 2.45) is 0 Å². The largest absolute Gasteiger partial charge is 0.366 e. The summed E-state index contributed by atoms with van der Waals surface area (Å²) in [6, 6.07) is 4.51. The second-order valence-electron chi connectivity index (χ2n) is 3.94. The molecule has 1 aliphatic carbocycles. The van der Waals surface area contributed by atoms with Crippen molar-refractivity contribution in [2.75, 3.05) is 5.32 Å². The van der Waals surface area contributed by atoms with Gasteiger partial charge >= 0.3 is 0 Å². The zero-order valence-corrected chi connectivity index (χ0v) is 8.45. The minimum atomic E-state index is 0.606. The summed E-state index contributed by atoms with van der Waals surface area (Å²) in [6.45, 7) is 0. The highest BCUT2D eigenvalue weighted by Gasteiger charge is 2.11. The van der Waals surface area contributed by atoms with Crippen molar-refractivity contribution < 1.29 is 0 Å². The smallest absolute Gasteiger partial charge is 0.148 e. The van der Waals surface area contributed by atoms with Crippen LogP contribution in [-0.2, 0) is 0 Å². The van der Waals surface area contributed by atoms with Crippen LogP contribution in [-0.4, -0.2) is 16.2 Å². The lowest BCUT2D eigenvalue weighted by molar-refractivity contribution is 0.616. The van der Waals surface area contributed by atoms with Gasteiger partial charge in [0.25, 0.3) is 0 Å². The van der Waals surface area contributed by atoms with E-state index >= 15 is 0 Å². The van der Waals surface area contributed by atoms with E-state index in [0.29, 0.717) is 6.04 Å². The molecule has 0 aliphatic heterocycles. The van der Waals surface area contributed by atoms with Gasteiger partial charge in [0.1, 0.15) is 5.82 Å². The van der Waals surface area contributed by atoms with Gasteiger partial charge in [-0.1, -0.05) is 25.7 Å². The maximum absolute atomic E-state index is 4.04. The number of hydrogen-bond donors (Lipinski definition) is 1. The van der Waals surface area contributed by atoms with Crippen molar-refractivity contribution >= 4 is 5.82 Å². The van der Waals surface area contributed by atoms with Gasteiger partial charge in [0.05, 0.1) is 0 Å². The quantitative estimate of drug-likeness (QED) is 0.730. The van der Waals surface area contributed by atoms with Crippen molar-refractivity contribution in [1.82, 2.24) is 10.2 Å². The van der Waals surface area contributed by atoms with Crippen LogP contribution < -0.4 is 5.32 Å². The minimum Gasteiger partial charge on any atom is -0.366 e. The van der Waals surface area contributed by atoms with E-state index in [2.05, 4.69) is 15.5 Å². The van der Waals surface area contributed by atoms with E-state index in [0.717, 1.165) is 5.82 Å². The third-order valence-corrected chi connectivity index (χ3v) is 2.78. The number of aromatic nitrogens is 2. The number of nitrogens with one attached hydrogen (secondary N) is 1. The first-order valence-corrected chi connectivity index (χ1v) is 5.49. The summed E-state index contributed by atoms with van der Waals surface area (Å²) in [5.74, 6) is 0.916. The third-order valence-electron chi connectivity index (χ3n) is 2.78. The summed E-state index contributed by atoms with van der Waals surface area (Å²) < 4.78 is 0. The highest BCUT2D eigenvalue weighted by molar-refractivity contribution is 5.32. The van der Waals surface area contributed by atoms with E-state index in [-0.39, 0.29) is 0 Å². The molecule has 0 spiro atoms. The van der Waals surface area contributed by atoms with Gasteiger partial charge in [-0.25, -0.2) is 0 Å². The zero-order valence-electron chi connectivity index (χ0n) is 8.45. The minimum absolute atomic E-state index is 0.606. The molecule has 3 nitrogen and oxygen atoms in total. The Bertz CT molecular complexity index is 252. The summed E-state index contributed by atoms with van der Waals surface area (Å²) in [4.78, 5) is 0. The Balaban J connectivity index is 1.90. The van der Waals surface area contributed by atoms with Crippen LogP contribution in [0.2, 0.25) is 0 Å². The van der Waals surface area contributed by atoms with E-state index in [9.17, 15) is 0 Å². The average Bonchev–Trinajstić information content (AvgIpc) is 2.48.